The van der Waals surface area contributed by atoms with Gasteiger partial charge in [0.1, 0.15) is 11.9 Å². The van der Waals surface area contributed by atoms with Crippen molar-refractivity contribution in [1.29, 1.82) is 0 Å². The van der Waals surface area contributed by atoms with Gasteiger partial charge in [0.2, 0.25) is 17.7 Å². The lowest BCUT2D eigenvalue weighted by Gasteiger charge is -2.22. The number of nitrogens with zero attached hydrogens (tertiary/aromatic N) is 2. The number of nitrogens with one attached hydrogen (secondary N) is 2. The molecule has 1 saturated heterocycles. The van der Waals surface area contributed by atoms with Crippen LogP contribution in [0.15, 0.2) is 36.4 Å². The number of amides is 3. The van der Waals surface area contributed by atoms with E-state index in [-0.39, 0.29) is 29.6 Å². The second-order valence-electron chi connectivity index (χ2n) is 7.12. The fourth-order valence-electron chi connectivity index (χ4n) is 3.90. The summed E-state index contributed by atoms with van der Waals surface area (Å²) >= 11 is 0. The number of hydrogen-bond acceptors (Lipinski definition) is 4. The summed E-state index contributed by atoms with van der Waals surface area (Å²) < 4.78 is 0. The Morgan fingerprint density at radius 3 is 2.56 bits per heavy atom. The van der Waals surface area contributed by atoms with Gasteiger partial charge in [0.25, 0.3) is 0 Å². The predicted octanol–water partition coefficient (Wildman–Crippen LogP) is 1.56. The zero-order chi connectivity index (χ0) is 19.0. The van der Waals surface area contributed by atoms with Crippen molar-refractivity contribution in [2.45, 2.75) is 32.2 Å². The van der Waals surface area contributed by atoms with Crippen LogP contribution in [0.3, 0.4) is 0 Å². The van der Waals surface area contributed by atoms with Gasteiger partial charge < -0.3 is 10.3 Å². The lowest BCUT2D eigenvalue weighted by atomic mass is 9.85. The van der Waals surface area contributed by atoms with E-state index in [1.54, 1.807) is 6.92 Å². The van der Waals surface area contributed by atoms with Crippen molar-refractivity contribution in [1.82, 2.24) is 20.2 Å². The molecule has 7 heteroatoms. The number of rotatable bonds is 5. The van der Waals surface area contributed by atoms with Crippen LogP contribution in [0.25, 0.3) is 11.0 Å². The standard InChI is InChI=1S/C20H22N4O3/c1-12(24-19(26)13-6-2-3-7-14(13)20(24)27)18(25)21-11-10-17-22-15-8-4-5-9-16(15)23-17/h2-5,8-9,12-14H,6-7,10-11H2,1H3,(H,21,25)(H,22,23). The zero-order valence-corrected chi connectivity index (χ0v) is 15.1. The number of imidazole rings is 1. The summed E-state index contributed by atoms with van der Waals surface area (Å²) in [5.41, 5.74) is 1.84. The first-order valence-corrected chi connectivity index (χ1v) is 9.29. The maximum absolute atomic E-state index is 12.6. The molecule has 4 rings (SSSR count). The number of benzene rings is 1. The van der Waals surface area contributed by atoms with Crippen LogP contribution in [0, 0.1) is 11.8 Å². The van der Waals surface area contributed by atoms with Crippen LogP contribution >= 0.6 is 0 Å². The molecule has 2 N–H and O–H groups in total. The number of H-pyrrole nitrogens is 1. The summed E-state index contributed by atoms with van der Waals surface area (Å²) in [6.45, 7) is 1.99. The number of para-hydroxylation sites is 2. The molecule has 2 aliphatic rings. The maximum atomic E-state index is 12.6. The van der Waals surface area contributed by atoms with Crippen LogP contribution in [-0.4, -0.2) is 45.2 Å². The zero-order valence-electron chi connectivity index (χ0n) is 15.1. The first kappa shape index (κ1) is 17.5. The molecule has 3 unspecified atom stereocenters. The van der Waals surface area contributed by atoms with E-state index in [9.17, 15) is 14.4 Å². The van der Waals surface area contributed by atoms with Crippen LogP contribution in [0.4, 0.5) is 0 Å². The summed E-state index contributed by atoms with van der Waals surface area (Å²) in [7, 11) is 0. The molecular weight excluding hydrogens is 344 g/mol. The van der Waals surface area contributed by atoms with Crippen molar-refractivity contribution in [3.63, 3.8) is 0 Å². The molecular formula is C20H22N4O3. The van der Waals surface area contributed by atoms with E-state index >= 15 is 0 Å². The third-order valence-electron chi connectivity index (χ3n) is 5.41. The molecule has 1 aliphatic carbocycles. The van der Waals surface area contributed by atoms with Crippen molar-refractivity contribution >= 4 is 28.8 Å². The Labute approximate surface area is 156 Å². The van der Waals surface area contributed by atoms with Crippen LogP contribution in [0.1, 0.15) is 25.6 Å². The van der Waals surface area contributed by atoms with Crippen molar-refractivity contribution in [2.24, 2.45) is 11.8 Å². The number of allylic oxidation sites excluding steroid dienone is 2. The molecule has 1 aromatic carbocycles. The Morgan fingerprint density at radius 2 is 1.89 bits per heavy atom. The normalized spacial score (nSPS) is 22.9. The van der Waals surface area contributed by atoms with E-state index in [0.29, 0.717) is 25.8 Å². The molecule has 1 aliphatic heterocycles. The van der Waals surface area contributed by atoms with E-state index in [0.717, 1.165) is 21.8 Å². The Kier molecular flexibility index (Phi) is 4.51. The van der Waals surface area contributed by atoms with E-state index in [4.69, 9.17) is 0 Å². The lowest BCUT2D eigenvalue weighted by Crippen LogP contribution is -2.48. The number of carbonyl (C=O) groups excluding carboxylic acids is 3. The Bertz CT molecular complexity index is 873. The van der Waals surface area contributed by atoms with Crippen molar-refractivity contribution in [2.75, 3.05) is 6.54 Å². The number of carbonyl (C=O) groups is 3. The highest BCUT2D eigenvalue weighted by molar-refractivity contribution is 6.08. The number of aromatic amines is 1. The molecule has 27 heavy (non-hydrogen) atoms. The summed E-state index contributed by atoms with van der Waals surface area (Å²) in [6.07, 6.45) is 5.57. The Morgan fingerprint density at radius 1 is 1.22 bits per heavy atom. The molecule has 2 aromatic rings. The molecule has 3 atom stereocenters. The van der Waals surface area contributed by atoms with Crippen LogP contribution in [0.5, 0.6) is 0 Å². The molecule has 0 bridgehead atoms. The number of hydrogen-bond donors (Lipinski definition) is 2. The Hall–Kier alpha value is -2.96. The van der Waals surface area contributed by atoms with Gasteiger partial charge in [0, 0.05) is 13.0 Å². The van der Waals surface area contributed by atoms with E-state index in [2.05, 4.69) is 15.3 Å². The topological polar surface area (TPSA) is 95.2 Å². The van der Waals surface area contributed by atoms with Crippen LogP contribution in [-0.2, 0) is 20.8 Å². The molecule has 7 nitrogen and oxygen atoms in total. The summed E-state index contributed by atoms with van der Waals surface area (Å²) in [5.74, 6) is -0.612. The Balaban J connectivity index is 1.35. The highest BCUT2D eigenvalue weighted by Crippen LogP contribution is 2.36. The van der Waals surface area contributed by atoms with Gasteiger partial charge in [-0.1, -0.05) is 24.3 Å². The van der Waals surface area contributed by atoms with Crippen molar-refractivity contribution in [3.05, 3.63) is 42.2 Å². The number of likely N-dealkylation sites (tertiary alicyclic amines) is 1. The highest BCUT2D eigenvalue weighted by Gasteiger charge is 2.49. The molecule has 2 heterocycles. The predicted molar refractivity (Wildman–Crippen MR) is 99.5 cm³/mol. The minimum absolute atomic E-state index is 0.228. The third kappa shape index (κ3) is 3.13. The SMILES string of the molecule is CC(C(=O)NCCc1nc2ccccc2[nH]1)N1C(=O)C2CC=CCC2C1=O. The number of fused-ring (bicyclic) bond motifs is 2. The molecule has 1 fully saturated rings. The van der Waals surface area contributed by atoms with Gasteiger partial charge in [-0.25, -0.2) is 4.98 Å². The van der Waals surface area contributed by atoms with Gasteiger partial charge in [0.15, 0.2) is 0 Å². The average Bonchev–Trinajstić information content (AvgIpc) is 3.20. The molecule has 0 radical (unpaired) electrons. The first-order chi connectivity index (χ1) is 13.1. The molecule has 140 valence electrons. The van der Waals surface area contributed by atoms with E-state index < -0.39 is 6.04 Å². The molecule has 0 spiro atoms. The second-order valence-corrected chi connectivity index (χ2v) is 7.12. The second kappa shape index (κ2) is 6.98. The smallest absolute Gasteiger partial charge is 0.243 e. The minimum Gasteiger partial charge on any atom is -0.354 e. The minimum atomic E-state index is -0.800. The van der Waals surface area contributed by atoms with Crippen molar-refractivity contribution in [3.8, 4) is 0 Å². The van der Waals surface area contributed by atoms with Crippen LogP contribution < -0.4 is 5.32 Å². The van der Waals surface area contributed by atoms with Gasteiger partial charge in [-0.2, -0.15) is 0 Å². The fourth-order valence-corrected chi connectivity index (χ4v) is 3.90. The summed E-state index contributed by atoms with van der Waals surface area (Å²) in [6, 6.07) is 6.94. The van der Waals surface area contributed by atoms with Gasteiger partial charge in [0.05, 0.1) is 22.9 Å². The van der Waals surface area contributed by atoms with Crippen molar-refractivity contribution < 1.29 is 14.4 Å². The van der Waals surface area contributed by atoms with Gasteiger partial charge in [-0.05, 0) is 31.9 Å². The first-order valence-electron chi connectivity index (χ1n) is 9.29. The highest BCUT2D eigenvalue weighted by atomic mass is 16.2. The lowest BCUT2D eigenvalue weighted by molar-refractivity contribution is -0.147. The van der Waals surface area contributed by atoms with Crippen LogP contribution in [0.2, 0.25) is 0 Å². The summed E-state index contributed by atoms with van der Waals surface area (Å²) in [4.78, 5) is 46.5. The number of aromatic nitrogens is 2. The summed E-state index contributed by atoms with van der Waals surface area (Å²) in [5, 5.41) is 2.81. The van der Waals surface area contributed by atoms with Gasteiger partial charge in [-0.15, -0.1) is 0 Å². The molecule has 0 saturated carbocycles. The quantitative estimate of drug-likeness (QED) is 0.620. The number of imide groups is 1. The monoisotopic (exact) mass is 366 g/mol. The van der Waals surface area contributed by atoms with Gasteiger partial charge >= 0.3 is 0 Å². The maximum Gasteiger partial charge on any atom is 0.243 e. The molecule has 3 amide bonds. The van der Waals surface area contributed by atoms with E-state index in [1.165, 1.54) is 0 Å². The average molecular weight is 366 g/mol. The van der Waals surface area contributed by atoms with Gasteiger partial charge in [-0.3, -0.25) is 19.3 Å². The molecule has 1 aromatic heterocycles. The third-order valence-corrected chi connectivity index (χ3v) is 5.41. The fraction of sp³-hybridized carbons (Fsp3) is 0.400. The van der Waals surface area contributed by atoms with E-state index in [1.807, 2.05) is 36.4 Å². The largest absolute Gasteiger partial charge is 0.354 e.